The van der Waals surface area contributed by atoms with Crippen LogP contribution in [-0.4, -0.2) is 6.03 Å². The average Bonchev–Trinajstić information content (AvgIpc) is 2.91. The van der Waals surface area contributed by atoms with E-state index < -0.39 is 0 Å². The van der Waals surface area contributed by atoms with Crippen LogP contribution in [-0.2, 0) is 6.54 Å². The molecular formula is C17H16N2O2. The highest BCUT2D eigenvalue weighted by Crippen LogP contribution is 2.18. The van der Waals surface area contributed by atoms with Gasteiger partial charge in [-0.2, -0.15) is 0 Å². The van der Waals surface area contributed by atoms with Crippen LogP contribution in [0.15, 0.2) is 59.0 Å². The molecule has 0 radical (unpaired) electrons. The van der Waals surface area contributed by atoms with E-state index in [0.29, 0.717) is 6.54 Å². The molecule has 0 saturated carbocycles. The summed E-state index contributed by atoms with van der Waals surface area (Å²) in [4.78, 5) is 11.9. The summed E-state index contributed by atoms with van der Waals surface area (Å²) in [5.41, 5.74) is 0.766. The van der Waals surface area contributed by atoms with E-state index in [1.165, 1.54) is 0 Å². The summed E-state index contributed by atoms with van der Waals surface area (Å²) in [6.07, 6.45) is 0. The first-order valence-corrected chi connectivity index (χ1v) is 6.80. The van der Waals surface area contributed by atoms with E-state index in [2.05, 4.69) is 10.6 Å². The molecule has 0 saturated heterocycles. The number of carbonyl (C=O) groups is 1. The van der Waals surface area contributed by atoms with E-state index in [0.717, 1.165) is 28.0 Å². The third-order valence-electron chi connectivity index (χ3n) is 3.23. The Morgan fingerprint density at radius 1 is 1.05 bits per heavy atom. The molecule has 3 rings (SSSR count). The Balaban J connectivity index is 1.63. The normalized spacial score (nSPS) is 10.5. The second kappa shape index (κ2) is 5.71. The third-order valence-corrected chi connectivity index (χ3v) is 3.23. The van der Waals surface area contributed by atoms with E-state index in [1.54, 1.807) is 0 Å². The van der Waals surface area contributed by atoms with Gasteiger partial charge < -0.3 is 15.1 Å². The van der Waals surface area contributed by atoms with Gasteiger partial charge in [0.2, 0.25) is 0 Å². The van der Waals surface area contributed by atoms with Crippen LogP contribution in [0.5, 0.6) is 0 Å². The lowest BCUT2D eigenvalue weighted by Gasteiger charge is -2.07. The van der Waals surface area contributed by atoms with Crippen LogP contribution >= 0.6 is 0 Å². The predicted octanol–water partition coefficient (Wildman–Crippen LogP) is 4.06. The minimum absolute atomic E-state index is 0.251. The van der Waals surface area contributed by atoms with Crippen molar-refractivity contribution in [3.8, 4) is 0 Å². The van der Waals surface area contributed by atoms with Gasteiger partial charge in [0.05, 0.1) is 6.54 Å². The van der Waals surface area contributed by atoms with Crippen LogP contribution in [0.3, 0.4) is 0 Å². The summed E-state index contributed by atoms with van der Waals surface area (Å²) in [5.74, 6) is 1.57. The second-order valence-electron chi connectivity index (χ2n) is 4.88. The number of furan rings is 1. The number of rotatable bonds is 3. The lowest BCUT2D eigenvalue weighted by atomic mass is 10.1. The fourth-order valence-electron chi connectivity index (χ4n) is 2.19. The number of fused-ring (bicyclic) bond motifs is 1. The van der Waals surface area contributed by atoms with E-state index in [9.17, 15) is 4.79 Å². The number of urea groups is 1. The average molecular weight is 280 g/mol. The smallest absolute Gasteiger partial charge is 0.319 e. The summed E-state index contributed by atoms with van der Waals surface area (Å²) in [6, 6.07) is 17.3. The van der Waals surface area contributed by atoms with Gasteiger partial charge in [-0.3, -0.25) is 0 Å². The van der Waals surface area contributed by atoms with Crippen LogP contribution < -0.4 is 10.6 Å². The summed E-state index contributed by atoms with van der Waals surface area (Å²) >= 11 is 0. The largest absolute Gasteiger partial charge is 0.465 e. The summed E-state index contributed by atoms with van der Waals surface area (Å²) in [7, 11) is 0. The van der Waals surface area contributed by atoms with Crippen molar-refractivity contribution >= 4 is 22.5 Å². The van der Waals surface area contributed by atoms with Gasteiger partial charge in [0.25, 0.3) is 0 Å². The first-order chi connectivity index (χ1) is 10.2. The lowest BCUT2D eigenvalue weighted by molar-refractivity contribution is 0.250. The molecule has 2 N–H and O–H groups in total. The number of amides is 2. The predicted molar refractivity (Wildman–Crippen MR) is 83.3 cm³/mol. The van der Waals surface area contributed by atoms with E-state index in [4.69, 9.17) is 4.42 Å². The molecule has 2 aromatic carbocycles. The number of carbonyl (C=O) groups excluding carboxylic acids is 1. The molecule has 0 spiro atoms. The van der Waals surface area contributed by atoms with Crippen molar-refractivity contribution in [1.82, 2.24) is 5.32 Å². The summed E-state index contributed by atoms with van der Waals surface area (Å²) in [5, 5.41) is 7.83. The highest BCUT2D eigenvalue weighted by atomic mass is 16.3. The summed E-state index contributed by atoms with van der Waals surface area (Å²) < 4.78 is 5.40. The van der Waals surface area contributed by atoms with Gasteiger partial charge in [-0.05, 0) is 42.0 Å². The molecule has 4 heteroatoms. The standard InChI is InChI=1S/C17H16N2O2/c1-12-6-9-16(21-12)11-18-17(20)19-15-8-7-13-4-2-3-5-14(13)10-15/h2-10H,11H2,1H3,(H2,18,19,20). The van der Waals surface area contributed by atoms with Crippen molar-refractivity contribution in [3.05, 3.63) is 66.1 Å². The van der Waals surface area contributed by atoms with Crippen LogP contribution in [0.1, 0.15) is 11.5 Å². The maximum Gasteiger partial charge on any atom is 0.319 e. The van der Waals surface area contributed by atoms with E-state index in [-0.39, 0.29) is 6.03 Å². The molecule has 2 amide bonds. The number of benzene rings is 2. The Labute approximate surface area is 122 Å². The van der Waals surface area contributed by atoms with Gasteiger partial charge in [-0.1, -0.05) is 30.3 Å². The van der Waals surface area contributed by atoms with Crippen LogP contribution in [0.4, 0.5) is 10.5 Å². The zero-order valence-electron chi connectivity index (χ0n) is 11.7. The van der Waals surface area contributed by atoms with E-state index in [1.807, 2.05) is 61.5 Å². The molecule has 21 heavy (non-hydrogen) atoms. The Morgan fingerprint density at radius 3 is 2.62 bits per heavy atom. The maximum atomic E-state index is 11.9. The van der Waals surface area contributed by atoms with Gasteiger partial charge in [0, 0.05) is 5.69 Å². The molecule has 0 atom stereocenters. The van der Waals surface area contributed by atoms with Crippen molar-refractivity contribution in [1.29, 1.82) is 0 Å². The Hall–Kier alpha value is -2.75. The van der Waals surface area contributed by atoms with Gasteiger partial charge in [-0.15, -0.1) is 0 Å². The van der Waals surface area contributed by atoms with Gasteiger partial charge in [0.15, 0.2) is 0 Å². The van der Waals surface area contributed by atoms with Crippen molar-refractivity contribution in [2.45, 2.75) is 13.5 Å². The molecule has 0 bridgehead atoms. The minimum Gasteiger partial charge on any atom is -0.465 e. The van der Waals surface area contributed by atoms with Crippen molar-refractivity contribution < 1.29 is 9.21 Å². The van der Waals surface area contributed by atoms with Crippen molar-refractivity contribution in [2.75, 3.05) is 5.32 Å². The molecule has 4 nitrogen and oxygen atoms in total. The first kappa shape index (κ1) is 13.2. The fourth-order valence-corrected chi connectivity index (χ4v) is 2.19. The SMILES string of the molecule is Cc1ccc(CNC(=O)Nc2ccc3ccccc3c2)o1. The highest BCUT2D eigenvalue weighted by molar-refractivity contribution is 5.93. The molecular weight excluding hydrogens is 264 g/mol. The molecule has 0 aliphatic heterocycles. The Bertz CT molecular complexity index is 777. The van der Waals surface area contributed by atoms with Crippen molar-refractivity contribution in [2.24, 2.45) is 0 Å². The lowest BCUT2D eigenvalue weighted by Crippen LogP contribution is -2.27. The monoisotopic (exact) mass is 280 g/mol. The van der Waals surface area contributed by atoms with Gasteiger partial charge >= 0.3 is 6.03 Å². The third kappa shape index (κ3) is 3.23. The van der Waals surface area contributed by atoms with E-state index >= 15 is 0 Å². The number of nitrogens with one attached hydrogen (secondary N) is 2. The number of hydrogen-bond acceptors (Lipinski definition) is 2. The zero-order chi connectivity index (χ0) is 14.7. The Morgan fingerprint density at radius 2 is 1.86 bits per heavy atom. The molecule has 0 aliphatic rings. The number of aryl methyl sites for hydroxylation is 1. The summed E-state index contributed by atoms with van der Waals surface area (Å²) in [6.45, 7) is 2.24. The van der Waals surface area contributed by atoms with Gasteiger partial charge in [-0.25, -0.2) is 4.79 Å². The topological polar surface area (TPSA) is 54.3 Å². The molecule has 3 aromatic rings. The number of hydrogen-bond donors (Lipinski definition) is 2. The molecule has 0 fully saturated rings. The van der Waals surface area contributed by atoms with Crippen molar-refractivity contribution in [3.63, 3.8) is 0 Å². The molecule has 0 unspecified atom stereocenters. The number of anilines is 1. The maximum absolute atomic E-state index is 11.9. The zero-order valence-corrected chi connectivity index (χ0v) is 11.7. The fraction of sp³-hybridized carbons (Fsp3) is 0.118. The minimum atomic E-state index is -0.251. The van der Waals surface area contributed by atoms with Crippen LogP contribution in [0.25, 0.3) is 10.8 Å². The molecule has 1 heterocycles. The highest BCUT2D eigenvalue weighted by Gasteiger charge is 2.04. The second-order valence-corrected chi connectivity index (χ2v) is 4.88. The van der Waals surface area contributed by atoms with Crippen LogP contribution in [0, 0.1) is 6.92 Å². The molecule has 0 aliphatic carbocycles. The molecule has 1 aromatic heterocycles. The molecule has 106 valence electrons. The quantitative estimate of drug-likeness (QED) is 0.760. The first-order valence-electron chi connectivity index (χ1n) is 6.80. The Kier molecular flexibility index (Phi) is 3.60. The van der Waals surface area contributed by atoms with Gasteiger partial charge in [0.1, 0.15) is 11.5 Å². The van der Waals surface area contributed by atoms with Crippen LogP contribution in [0.2, 0.25) is 0 Å².